The van der Waals surface area contributed by atoms with Crippen LogP contribution in [-0.4, -0.2) is 16.4 Å². The van der Waals surface area contributed by atoms with Crippen molar-refractivity contribution in [2.45, 2.75) is 37.7 Å². The first-order chi connectivity index (χ1) is 4.44. The van der Waals surface area contributed by atoms with Gasteiger partial charge in [-0.15, -0.1) is 11.6 Å². The highest BCUT2D eigenvalue weighted by molar-refractivity contribution is 6.36. The van der Waals surface area contributed by atoms with Crippen molar-refractivity contribution in [3.63, 3.8) is 0 Å². The first kappa shape index (κ1) is 7.86. The van der Waals surface area contributed by atoms with E-state index in [1.54, 1.807) is 6.92 Å². The monoisotopic (exact) mass is 162 g/mol. The maximum absolute atomic E-state index is 10.8. The number of carbonyl (C=O) groups excluding carboxylic acids is 1. The number of carbonyl (C=O) groups is 1. The quantitative estimate of drug-likeness (QED) is 0.434. The van der Waals surface area contributed by atoms with Crippen molar-refractivity contribution in [1.29, 1.82) is 0 Å². The number of halogens is 1. The molecule has 0 aliphatic carbocycles. The predicted octanol–water partition coefficient (Wildman–Crippen LogP) is 1.71. The molecule has 1 aliphatic rings. The summed E-state index contributed by atoms with van der Waals surface area (Å²) in [6, 6.07) is 0. The maximum atomic E-state index is 10.8. The summed E-state index contributed by atoms with van der Waals surface area (Å²) in [6.45, 7) is 5.50. The lowest BCUT2D eigenvalue weighted by atomic mass is 9.82. The summed E-state index contributed by atoms with van der Waals surface area (Å²) in [5.41, 5.74) is -0.453. The van der Waals surface area contributed by atoms with E-state index in [9.17, 15) is 4.79 Å². The van der Waals surface area contributed by atoms with Gasteiger partial charge in [0.1, 0.15) is 5.60 Å². The molecule has 0 unspecified atom stereocenters. The van der Waals surface area contributed by atoms with Crippen LogP contribution in [0.5, 0.6) is 0 Å². The highest BCUT2D eigenvalue weighted by atomic mass is 35.5. The summed E-state index contributed by atoms with van der Waals surface area (Å²) >= 11 is 5.89. The molecule has 0 radical (unpaired) electrons. The molecule has 3 heteroatoms. The molecule has 0 N–H and O–H groups in total. The predicted molar refractivity (Wildman–Crippen MR) is 39.0 cm³/mol. The third-order valence-corrected chi connectivity index (χ3v) is 2.92. The van der Waals surface area contributed by atoms with Crippen LogP contribution in [0.2, 0.25) is 0 Å². The number of alkyl halides is 1. The zero-order chi connectivity index (χ0) is 7.99. The van der Waals surface area contributed by atoms with Crippen molar-refractivity contribution in [3.05, 3.63) is 0 Å². The Kier molecular flexibility index (Phi) is 1.48. The Hall–Kier alpha value is -0.240. The molecule has 0 bridgehead atoms. The molecule has 1 heterocycles. The van der Waals surface area contributed by atoms with Gasteiger partial charge in [0.15, 0.2) is 4.87 Å². The first-order valence-electron chi connectivity index (χ1n) is 3.36. The van der Waals surface area contributed by atoms with Crippen LogP contribution < -0.4 is 0 Å². The molecule has 0 amide bonds. The van der Waals surface area contributed by atoms with Crippen LogP contribution in [0.1, 0.15) is 27.2 Å². The summed E-state index contributed by atoms with van der Waals surface area (Å²) < 4.78 is 4.92. The summed E-state index contributed by atoms with van der Waals surface area (Å²) in [6.07, 6.45) is 0.763. The standard InChI is InChI=1S/C7H11ClO2/c1-4-6(2)7(3,8)5(9)10-6/h4H2,1-3H3/t6-,7+/m1/s1. The molecule has 0 spiro atoms. The fourth-order valence-corrected chi connectivity index (χ4v) is 1.18. The number of ether oxygens (including phenoxy) is 1. The van der Waals surface area contributed by atoms with Gasteiger partial charge in [0.2, 0.25) is 0 Å². The summed E-state index contributed by atoms with van der Waals surface area (Å²) in [5, 5.41) is 0. The Morgan fingerprint density at radius 2 is 2.10 bits per heavy atom. The molecule has 0 saturated carbocycles. The number of esters is 1. The lowest BCUT2D eigenvalue weighted by Crippen LogP contribution is -2.65. The van der Waals surface area contributed by atoms with Crippen molar-refractivity contribution in [3.8, 4) is 0 Å². The second kappa shape index (κ2) is 1.88. The number of hydrogen-bond acceptors (Lipinski definition) is 2. The molecule has 0 aromatic carbocycles. The van der Waals surface area contributed by atoms with Crippen LogP contribution in [0.4, 0.5) is 0 Å². The molecule has 1 fully saturated rings. The molecule has 0 aromatic rings. The molecule has 1 rings (SSSR count). The molecule has 1 aliphatic heterocycles. The molecular weight excluding hydrogens is 152 g/mol. The lowest BCUT2D eigenvalue weighted by molar-refractivity contribution is -0.200. The molecule has 0 aromatic heterocycles. The van der Waals surface area contributed by atoms with Crippen molar-refractivity contribution >= 4 is 17.6 Å². The largest absolute Gasteiger partial charge is 0.455 e. The average Bonchev–Trinajstić information content (AvgIpc) is 1.88. The van der Waals surface area contributed by atoms with E-state index in [0.717, 1.165) is 6.42 Å². The van der Waals surface area contributed by atoms with E-state index >= 15 is 0 Å². The normalized spacial score (nSPS) is 46.2. The maximum Gasteiger partial charge on any atom is 0.331 e. The zero-order valence-corrected chi connectivity index (χ0v) is 7.16. The number of rotatable bonds is 1. The van der Waals surface area contributed by atoms with Gasteiger partial charge in [-0.1, -0.05) is 6.92 Å². The lowest BCUT2D eigenvalue weighted by Gasteiger charge is -2.48. The van der Waals surface area contributed by atoms with E-state index in [-0.39, 0.29) is 5.97 Å². The van der Waals surface area contributed by atoms with E-state index in [0.29, 0.717) is 0 Å². The molecule has 2 atom stereocenters. The van der Waals surface area contributed by atoms with Gasteiger partial charge in [-0.2, -0.15) is 0 Å². The number of hydrogen-bond donors (Lipinski definition) is 0. The van der Waals surface area contributed by atoms with Gasteiger partial charge in [0.25, 0.3) is 0 Å². The third kappa shape index (κ3) is 0.685. The van der Waals surface area contributed by atoms with Crippen molar-refractivity contribution in [1.82, 2.24) is 0 Å². The van der Waals surface area contributed by atoms with Gasteiger partial charge in [-0.05, 0) is 20.3 Å². The molecule has 10 heavy (non-hydrogen) atoms. The summed E-state index contributed by atoms with van der Waals surface area (Å²) in [7, 11) is 0. The van der Waals surface area contributed by atoms with Gasteiger partial charge in [0, 0.05) is 0 Å². The van der Waals surface area contributed by atoms with Gasteiger partial charge in [0.05, 0.1) is 0 Å². The smallest absolute Gasteiger partial charge is 0.331 e. The highest BCUT2D eigenvalue weighted by Crippen LogP contribution is 2.45. The van der Waals surface area contributed by atoms with Gasteiger partial charge < -0.3 is 4.74 Å². The summed E-state index contributed by atoms with van der Waals surface area (Å²) in [5.74, 6) is -0.307. The van der Waals surface area contributed by atoms with Crippen LogP contribution >= 0.6 is 11.6 Å². The van der Waals surface area contributed by atoms with Gasteiger partial charge in [-0.25, -0.2) is 4.79 Å². The second-order valence-electron chi connectivity index (χ2n) is 2.98. The minimum Gasteiger partial charge on any atom is -0.455 e. The van der Waals surface area contributed by atoms with Crippen LogP contribution in [0, 0.1) is 0 Å². The Morgan fingerprint density at radius 3 is 2.20 bits per heavy atom. The Bertz CT molecular complexity index is 176. The van der Waals surface area contributed by atoms with Crippen LogP contribution in [0.15, 0.2) is 0 Å². The first-order valence-corrected chi connectivity index (χ1v) is 3.74. The van der Waals surface area contributed by atoms with E-state index in [1.165, 1.54) is 0 Å². The number of cyclic esters (lactones) is 1. The van der Waals surface area contributed by atoms with E-state index in [2.05, 4.69) is 0 Å². The molecular formula is C7H11ClO2. The second-order valence-corrected chi connectivity index (χ2v) is 3.73. The fourth-order valence-electron chi connectivity index (χ4n) is 0.970. The fraction of sp³-hybridized carbons (Fsp3) is 0.857. The van der Waals surface area contributed by atoms with E-state index in [1.807, 2.05) is 13.8 Å². The molecule has 58 valence electrons. The topological polar surface area (TPSA) is 26.3 Å². The minimum atomic E-state index is -0.804. The zero-order valence-electron chi connectivity index (χ0n) is 6.40. The van der Waals surface area contributed by atoms with Crippen molar-refractivity contribution in [2.75, 3.05) is 0 Å². The summed E-state index contributed by atoms with van der Waals surface area (Å²) in [4.78, 5) is 9.97. The Labute approximate surface area is 65.5 Å². The van der Waals surface area contributed by atoms with Crippen LogP contribution in [0.25, 0.3) is 0 Å². The Balaban J connectivity index is 2.80. The Morgan fingerprint density at radius 1 is 1.60 bits per heavy atom. The van der Waals surface area contributed by atoms with Crippen molar-refractivity contribution < 1.29 is 9.53 Å². The van der Waals surface area contributed by atoms with Crippen molar-refractivity contribution in [2.24, 2.45) is 0 Å². The SMILES string of the molecule is CC[C@@]1(C)OC(=O)[C@]1(C)Cl. The van der Waals surface area contributed by atoms with Crippen LogP contribution in [-0.2, 0) is 9.53 Å². The molecule has 2 nitrogen and oxygen atoms in total. The van der Waals surface area contributed by atoms with Gasteiger partial charge in [-0.3, -0.25) is 0 Å². The average molecular weight is 163 g/mol. The minimum absolute atomic E-state index is 0.307. The molecule has 1 saturated heterocycles. The van der Waals surface area contributed by atoms with E-state index < -0.39 is 10.5 Å². The van der Waals surface area contributed by atoms with Crippen LogP contribution in [0.3, 0.4) is 0 Å². The highest BCUT2D eigenvalue weighted by Gasteiger charge is 2.61. The van der Waals surface area contributed by atoms with Gasteiger partial charge >= 0.3 is 5.97 Å². The van der Waals surface area contributed by atoms with E-state index in [4.69, 9.17) is 16.3 Å². The third-order valence-electron chi connectivity index (χ3n) is 2.37.